The zero-order valence-corrected chi connectivity index (χ0v) is 15.1. The van der Waals surface area contributed by atoms with Crippen molar-refractivity contribution in [1.82, 2.24) is 4.98 Å². The fraction of sp³-hybridized carbons (Fsp3) is 0.217. The van der Waals surface area contributed by atoms with Gasteiger partial charge in [-0.2, -0.15) is 0 Å². The number of aromatic nitrogens is 1. The average Bonchev–Trinajstić information content (AvgIpc) is 3.40. The van der Waals surface area contributed by atoms with E-state index in [-0.39, 0.29) is 17.2 Å². The van der Waals surface area contributed by atoms with E-state index < -0.39 is 0 Å². The molecule has 1 heterocycles. The fourth-order valence-electron chi connectivity index (χ4n) is 3.90. The maximum absolute atomic E-state index is 13.0. The molecule has 1 aromatic heterocycles. The molecule has 0 spiro atoms. The summed E-state index contributed by atoms with van der Waals surface area (Å²) >= 11 is 0. The van der Waals surface area contributed by atoms with Crippen LogP contribution in [-0.4, -0.2) is 10.9 Å². The van der Waals surface area contributed by atoms with Gasteiger partial charge in [-0.1, -0.05) is 59.7 Å². The summed E-state index contributed by atoms with van der Waals surface area (Å²) in [6.07, 6.45) is 4.21. The Hall–Kier alpha value is -2.94. The number of benzene rings is 2. The van der Waals surface area contributed by atoms with Crippen LogP contribution in [0.1, 0.15) is 28.7 Å². The number of aryl methyl sites for hydroxylation is 2. The van der Waals surface area contributed by atoms with Crippen molar-refractivity contribution >= 4 is 11.6 Å². The van der Waals surface area contributed by atoms with Crippen molar-refractivity contribution in [2.75, 3.05) is 5.32 Å². The van der Waals surface area contributed by atoms with Gasteiger partial charge >= 0.3 is 0 Å². The zero-order valence-electron chi connectivity index (χ0n) is 15.1. The van der Waals surface area contributed by atoms with Crippen molar-refractivity contribution in [3.05, 3.63) is 95.3 Å². The third kappa shape index (κ3) is 2.90. The van der Waals surface area contributed by atoms with E-state index in [0.717, 1.165) is 12.1 Å². The lowest BCUT2D eigenvalue weighted by Gasteiger charge is -2.20. The number of rotatable bonds is 4. The SMILES string of the molecule is Cc1cccc(C2(c3cccc(C)c3)CC2C(=O)Nc2cccnc2)c1. The quantitative estimate of drug-likeness (QED) is 0.750. The number of nitrogens with one attached hydrogen (secondary N) is 1. The first-order chi connectivity index (χ1) is 12.6. The molecule has 0 bridgehead atoms. The van der Waals surface area contributed by atoms with E-state index in [2.05, 4.69) is 72.7 Å². The van der Waals surface area contributed by atoms with Crippen LogP contribution < -0.4 is 5.32 Å². The summed E-state index contributed by atoms with van der Waals surface area (Å²) in [5, 5.41) is 3.03. The predicted molar refractivity (Wildman–Crippen MR) is 104 cm³/mol. The van der Waals surface area contributed by atoms with Crippen LogP contribution in [-0.2, 0) is 10.2 Å². The van der Waals surface area contributed by atoms with Gasteiger partial charge in [0.15, 0.2) is 0 Å². The van der Waals surface area contributed by atoms with Crippen molar-refractivity contribution in [3.63, 3.8) is 0 Å². The summed E-state index contributed by atoms with van der Waals surface area (Å²) in [5.41, 5.74) is 5.36. The summed E-state index contributed by atoms with van der Waals surface area (Å²) in [7, 11) is 0. The van der Waals surface area contributed by atoms with E-state index in [0.29, 0.717) is 0 Å². The Balaban J connectivity index is 1.71. The Labute approximate surface area is 154 Å². The van der Waals surface area contributed by atoms with Crippen LogP contribution in [0.3, 0.4) is 0 Å². The molecule has 1 aliphatic carbocycles. The van der Waals surface area contributed by atoms with E-state index in [4.69, 9.17) is 0 Å². The molecule has 1 amide bonds. The second kappa shape index (κ2) is 6.41. The molecule has 130 valence electrons. The van der Waals surface area contributed by atoms with Crippen LogP contribution in [0.2, 0.25) is 0 Å². The van der Waals surface area contributed by atoms with Gasteiger partial charge in [0.25, 0.3) is 0 Å². The number of amides is 1. The van der Waals surface area contributed by atoms with Crippen LogP contribution in [0.15, 0.2) is 73.1 Å². The molecule has 1 unspecified atom stereocenters. The number of anilines is 1. The largest absolute Gasteiger partial charge is 0.324 e. The van der Waals surface area contributed by atoms with Gasteiger partial charge < -0.3 is 5.32 Å². The lowest BCUT2D eigenvalue weighted by molar-refractivity contribution is -0.117. The average molecular weight is 342 g/mol. The highest BCUT2D eigenvalue weighted by molar-refractivity contribution is 5.96. The summed E-state index contributed by atoms with van der Waals surface area (Å²) in [4.78, 5) is 17.0. The highest BCUT2D eigenvalue weighted by atomic mass is 16.2. The normalized spacial score (nSPS) is 17.5. The topological polar surface area (TPSA) is 42.0 Å². The first kappa shape index (κ1) is 16.5. The van der Waals surface area contributed by atoms with Gasteiger partial charge in [0.1, 0.15) is 0 Å². The van der Waals surface area contributed by atoms with E-state index in [1.165, 1.54) is 22.3 Å². The number of hydrogen-bond acceptors (Lipinski definition) is 2. The summed E-state index contributed by atoms with van der Waals surface area (Å²) in [6, 6.07) is 20.8. The first-order valence-corrected chi connectivity index (χ1v) is 8.95. The monoisotopic (exact) mass is 342 g/mol. The summed E-state index contributed by atoms with van der Waals surface area (Å²) in [5.74, 6) is -0.0210. The molecule has 4 rings (SSSR count). The molecule has 1 aliphatic rings. The zero-order chi connectivity index (χ0) is 18.1. The molecule has 26 heavy (non-hydrogen) atoms. The molecular weight excluding hydrogens is 320 g/mol. The van der Waals surface area contributed by atoms with Crippen LogP contribution in [0, 0.1) is 19.8 Å². The third-order valence-electron chi connectivity index (χ3n) is 5.27. The molecule has 1 N–H and O–H groups in total. The minimum Gasteiger partial charge on any atom is -0.324 e. The number of pyridine rings is 1. The Morgan fingerprint density at radius 2 is 1.65 bits per heavy atom. The standard InChI is InChI=1S/C23H22N2O/c1-16-6-3-8-18(12-16)23(19-9-4-7-17(2)13-19)14-21(23)22(26)25-20-10-5-11-24-15-20/h3-13,15,21H,14H2,1-2H3,(H,25,26). The molecule has 3 nitrogen and oxygen atoms in total. The Bertz CT molecular complexity index is 904. The smallest absolute Gasteiger partial charge is 0.228 e. The van der Waals surface area contributed by atoms with Crippen molar-refractivity contribution in [1.29, 1.82) is 0 Å². The lowest BCUT2D eigenvalue weighted by Crippen LogP contribution is -2.22. The summed E-state index contributed by atoms with van der Waals surface area (Å²) < 4.78 is 0. The van der Waals surface area contributed by atoms with Crippen LogP contribution in [0.4, 0.5) is 5.69 Å². The predicted octanol–water partition coefficient (Wildman–Crippen LogP) is 4.64. The fourth-order valence-corrected chi connectivity index (χ4v) is 3.90. The molecule has 2 aromatic carbocycles. The van der Waals surface area contributed by atoms with Crippen molar-refractivity contribution in [3.8, 4) is 0 Å². The maximum atomic E-state index is 13.0. The van der Waals surface area contributed by atoms with Gasteiger partial charge in [-0.25, -0.2) is 0 Å². The molecule has 1 fully saturated rings. The second-order valence-corrected chi connectivity index (χ2v) is 7.20. The van der Waals surface area contributed by atoms with Gasteiger partial charge in [-0.15, -0.1) is 0 Å². The number of carbonyl (C=O) groups is 1. The maximum Gasteiger partial charge on any atom is 0.228 e. The van der Waals surface area contributed by atoms with E-state index in [1.807, 2.05) is 12.1 Å². The third-order valence-corrected chi connectivity index (χ3v) is 5.27. The Kier molecular flexibility index (Phi) is 4.08. The number of nitrogens with zero attached hydrogens (tertiary/aromatic N) is 1. The number of hydrogen-bond donors (Lipinski definition) is 1. The van der Waals surface area contributed by atoms with Gasteiger partial charge in [0, 0.05) is 11.6 Å². The van der Waals surface area contributed by atoms with E-state index >= 15 is 0 Å². The van der Waals surface area contributed by atoms with Crippen molar-refractivity contribution in [2.24, 2.45) is 5.92 Å². The van der Waals surface area contributed by atoms with Crippen LogP contribution in [0.5, 0.6) is 0 Å². The molecular formula is C23H22N2O. The Morgan fingerprint density at radius 1 is 1.00 bits per heavy atom. The first-order valence-electron chi connectivity index (χ1n) is 8.95. The highest BCUT2D eigenvalue weighted by Gasteiger charge is 2.60. The van der Waals surface area contributed by atoms with E-state index in [9.17, 15) is 4.79 Å². The summed E-state index contributed by atoms with van der Waals surface area (Å²) in [6.45, 7) is 4.20. The second-order valence-electron chi connectivity index (χ2n) is 7.20. The van der Waals surface area contributed by atoms with Gasteiger partial charge in [-0.05, 0) is 43.5 Å². The lowest BCUT2D eigenvalue weighted by atomic mass is 9.84. The minimum absolute atomic E-state index is 0.0565. The molecule has 0 aliphatic heterocycles. The molecule has 3 heteroatoms. The van der Waals surface area contributed by atoms with Gasteiger partial charge in [0.05, 0.1) is 17.8 Å². The molecule has 3 aromatic rings. The molecule has 0 radical (unpaired) electrons. The Morgan fingerprint density at radius 3 is 2.19 bits per heavy atom. The minimum atomic E-state index is -0.246. The van der Waals surface area contributed by atoms with Crippen molar-refractivity contribution < 1.29 is 4.79 Å². The molecule has 0 saturated heterocycles. The van der Waals surface area contributed by atoms with Crippen LogP contribution >= 0.6 is 0 Å². The molecule has 1 saturated carbocycles. The highest BCUT2D eigenvalue weighted by Crippen LogP contribution is 2.59. The van der Waals surface area contributed by atoms with E-state index in [1.54, 1.807) is 12.4 Å². The van der Waals surface area contributed by atoms with Gasteiger partial charge in [0.2, 0.25) is 5.91 Å². The van der Waals surface area contributed by atoms with Gasteiger partial charge in [-0.3, -0.25) is 9.78 Å². The van der Waals surface area contributed by atoms with Crippen LogP contribution in [0.25, 0.3) is 0 Å². The van der Waals surface area contributed by atoms with Crippen molar-refractivity contribution in [2.45, 2.75) is 25.7 Å². The molecule has 1 atom stereocenters. The number of carbonyl (C=O) groups excluding carboxylic acids is 1.